The van der Waals surface area contributed by atoms with Crippen molar-refractivity contribution in [3.05, 3.63) is 94.3 Å². The van der Waals surface area contributed by atoms with Crippen LogP contribution in [0.25, 0.3) is 11.0 Å². The van der Waals surface area contributed by atoms with E-state index in [2.05, 4.69) is 21.3 Å². The van der Waals surface area contributed by atoms with Gasteiger partial charge in [0.05, 0.1) is 5.69 Å². The summed E-state index contributed by atoms with van der Waals surface area (Å²) in [6.45, 7) is 3.57. The quantitative estimate of drug-likeness (QED) is 0.355. The fourth-order valence-corrected chi connectivity index (χ4v) is 5.37. The lowest BCUT2D eigenvalue weighted by atomic mass is 9.90. The van der Waals surface area contributed by atoms with E-state index in [-0.39, 0.29) is 16.9 Å². The third-order valence-electron chi connectivity index (χ3n) is 7.04. The molecule has 3 heterocycles. The number of fused-ring (bicyclic) bond motifs is 2. The first-order valence-corrected chi connectivity index (χ1v) is 12.6. The number of ketones is 1. The molecule has 0 fully saturated rings. The SMILES string of the molecule is CC(=O)c1cccc(N=c2oc3c4c5c(cc3cc2C(=O)Nc2cccc(F)c2)CCCN5CCC4)c1. The number of anilines is 2. The summed E-state index contributed by atoms with van der Waals surface area (Å²) in [5, 5.41) is 3.61. The number of hydrogen-bond donors (Lipinski definition) is 1. The average molecular weight is 496 g/mol. The Morgan fingerprint density at radius 2 is 1.81 bits per heavy atom. The monoisotopic (exact) mass is 495 g/mol. The molecule has 0 bridgehead atoms. The van der Waals surface area contributed by atoms with Gasteiger partial charge in [-0.2, -0.15) is 0 Å². The van der Waals surface area contributed by atoms with Gasteiger partial charge in [0, 0.05) is 41.0 Å². The third-order valence-corrected chi connectivity index (χ3v) is 7.04. The maximum Gasteiger partial charge on any atom is 0.261 e. The minimum Gasteiger partial charge on any atom is -0.437 e. The topological polar surface area (TPSA) is 74.9 Å². The highest BCUT2D eigenvalue weighted by Crippen LogP contribution is 2.39. The molecule has 0 aliphatic carbocycles. The molecule has 0 unspecified atom stereocenters. The maximum atomic E-state index is 13.8. The van der Waals surface area contributed by atoms with E-state index in [1.165, 1.54) is 36.4 Å². The van der Waals surface area contributed by atoms with E-state index in [1.807, 2.05) is 6.07 Å². The van der Waals surface area contributed by atoms with Gasteiger partial charge in [0.25, 0.3) is 5.91 Å². The lowest BCUT2D eigenvalue weighted by Crippen LogP contribution is -2.34. The van der Waals surface area contributed by atoms with Gasteiger partial charge < -0.3 is 14.6 Å². The van der Waals surface area contributed by atoms with E-state index >= 15 is 0 Å². The molecule has 4 aromatic rings. The predicted molar refractivity (Wildman–Crippen MR) is 141 cm³/mol. The highest BCUT2D eigenvalue weighted by molar-refractivity contribution is 6.06. The van der Waals surface area contributed by atoms with Crippen LogP contribution in [-0.2, 0) is 12.8 Å². The van der Waals surface area contributed by atoms with Crippen LogP contribution in [0.3, 0.4) is 0 Å². The molecule has 1 amide bonds. The van der Waals surface area contributed by atoms with Gasteiger partial charge >= 0.3 is 0 Å². The van der Waals surface area contributed by atoms with Crippen LogP contribution in [0.1, 0.15) is 51.6 Å². The molecule has 0 atom stereocenters. The molecule has 1 aromatic heterocycles. The van der Waals surface area contributed by atoms with Crippen LogP contribution < -0.4 is 15.8 Å². The van der Waals surface area contributed by atoms with Gasteiger partial charge in [0.1, 0.15) is 17.0 Å². The van der Waals surface area contributed by atoms with Crippen LogP contribution >= 0.6 is 0 Å². The van der Waals surface area contributed by atoms with Gasteiger partial charge in [0.2, 0.25) is 5.55 Å². The maximum absolute atomic E-state index is 13.8. The number of nitrogens with one attached hydrogen (secondary N) is 1. The molecule has 37 heavy (non-hydrogen) atoms. The number of nitrogens with zero attached hydrogens (tertiary/aromatic N) is 2. The van der Waals surface area contributed by atoms with Gasteiger partial charge in [-0.3, -0.25) is 9.59 Å². The molecule has 6 nitrogen and oxygen atoms in total. The van der Waals surface area contributed by atoms with Crippen molar-refractivity contribution in [3.63, 3.8) is 0 Å². The van der Waals surface area contributed by atoms with E-state index in [0.717, 1.165) is 55.3 Å². The molecule has 186 valence electrons. The summed E-state index contributed by atoms with van der Waals surface area (Å²) in [6, 6.07) is 16.6. The first kappa shape index (κ1) is 23.2. The molecule has 2 aliphatic rings. The molecule has 1 N–H and O–H groups in total. The molecule has 0 radical (unpaired) electrons. The van der Waals surface area contributed by atoms with Gasteiger partial charge in [-0.25, -0.2) is 9.38 Å². The van der Waals surface area contributed by atoms with Crippen LogP contribution in [0.4, 0.5) is 21.5 Å². The molecule has 0 saturated carbocycles. The van der Waals surface area contributed by atoms with E-state index in [0.29, 0.717) is 16.9 Å². The Morgan fingerprint density at radius 1 is 1.00 bits per heavy atom. The minimum atomic E-state index is -0.453. The normalized spacial score (nSPS) is 15.0. The number of hydrogen-bond acceptors (Lipinski definition) is 5. The summed E-state index contributed by atoms with van der Waals surface area (Å²) < 4.78 is 20.2. The highest BCUT2D eigenvalue weighted by Gasteiger charge is 2.27. The standard InChI is InChI=1S/C30H26FN3O3/c1-18(35)19-6-2-9-23(15-19)33-30-26(29(36)32-24-10-3-8-22(31)17-24)16-21-14-20-7-4-12-34-13-5-11-25(27(20)34)28(21)37-30/h2-3,6,8-10,14-17H,4-5,7,11-13H2,1H3,(H,32,36). The second-order valence-electron chi connectivity index (χ2n) is 9.62. The van der Waals surface area contributed by atoms with Crippen LogP contribution in [0.5, 0.6) is 0 Å². The zero-order valence-corrected chi connectivity index (χ0v) is 20.5. The van der Waals surface area contributed by atoms with Gasteiger partial charge in [-0.15, -0.1) is 0 Å². The van der Waals surface area contributed by atoms with Crippen LogP contribution in [-0.4, -0.2) is 24.8 Å². The Bertz CT molecular complexity index is 1640. The van der Waals surface area contributed by atoms with Crippen LogP contribution in [0, 0.1) is 5.82 Å². The zero-order valence-electron chi connectivity index (χ0n) is 20.5. The molecular formula is C30H26FN3O3. The minimum absolute atomic E-state index is 0.0762. The third kappa shape index (κ3) is 4.42. The Morgan fingerprint density at radius 3 is 2.62 bits per heavy atom. The molecule has 2 aliphatic heterocycles. The molecular weight excluding hydrogens is 469 g/mol. The number of Topliss-reactive ketones (excluding diaryl/α,β-unsaturated/α-hetero) is 1. The summed E-state index contributed by atoms with van der Waals surface area (Å²) in [6.07, 6.45) is 4.02. The Kier molecular flexibility index (Phi) is 5.83. The summed E-state index contributed by atoms with van der Waals surface area (Å²) in [4.78, 5) is 32.5. The van der Waals surface area contributed by atoms with E-state index < -0.39 is 11.7 Å². The van der Waals surface area contributed by atoms with E-state index in [4.69, 9.17) is 4.42 Å². The Hall–Kier alpha value is -4.26. The Labute approximate surface area is 213 Å². The van der Waals surface area contributed by atoms with Crippen molar-refractivity contribution < 1.29 is 18.4 Å². The van der Waals surface area contributed by atoms with E-state index in [1.54, 1.807) is 30.3 Å². The number of carbonyl (C=O) groups excluding carboxylic acids is 2. The number of carbonyl (C=O) groups is 2. The zero-order chi connectivity index (χ0) is 25.5. The van der Waals surface area contributed by atoms with Crippen molar-refractivity contribution >= 4 is 39.7 Å². The summed E-state index contributed by atoms with van der Waals surface area (Å²) in [5.41, 5.74) is 6.17. The smallest absolute Gasteiger partial charge is 0.261 e. The fraction of sp³-hybridized carbons (Fsp3) is 0.233. The summed E-state index contributed by atoms with van der Waals surface area (Å²) in [5.74, 6) is -0.972. The Balaban J connectivity index is 1.56. The number of amides is 1. The first-order chi connectivity index (χ1) is 18.0. The molecule has 6 rings (SSSR count). The van der Waals surface area contributed by atoms with Crippen molar-refractivity contribution in [1.82, 2.24) is 0 Å². The molecule has 0 spiro atoms. The number of rotatable bonds is 4. The lowest BCUT2D eigenvalue weighted by molar-refractivity contribution is 0.101. The van der Waals surface area contributed by atoms with Crippen molar-refractivity contribution in [2.75, 3.05) is 23.3 Å². The van der Waals surface area contributed by atoms with Gasteiger partial charge in [-0.05, 0) is 80.6 Å². The fourth-order valence-electron chi connectivity index (χ4n) is 5.37. The van der Waals surface area contributed by atoms with Gasteiger partial charge in [-0.1, -0.05) is 18.2 Å². The predicted octanol–water partition coefficient (Wildman–Crippen LogP) is 5.96. The van der Waals surface area contributed by atoms with Crippen molar-refractivity contribution in [2.24, 2.45) is 4.99 Å². The first-order valence-electron chi connectivity index (χ1n) is 12.6. The van der Waals surface area contributed by atoms with Crippen LogP contribution in [0.15, 0.2) is 70.1 Å². The highest BCUT2D eigenvalue weighted by atomic mass is 19.1. The summed E-state index contributed by atoms with van der Waals surface area (Å²) in [7, 11) is 0. The van der Waals surface area contributed by atoms with Crippen molar-refractivity contribution in [3.8, 4) is 0 Å². The number of benzene rings is 3. The molecule has 3 aromatic carbocycles. The van der Waals surface area contributed by atoms with E-state index in [9.17, 15) is 14.0 Å². The number of aryl methyl sites for hydroxylation is 2. The van der Waals surface area contributed by atoms with Crippen LogP contribution in [0.2, 0.25) is 0 Å². The van der Waals surface area contributed by atoms with Gasteiger partial charge in [0.15, 0.2) is 5.78 Å². The van der Waals surface area contributed by atoms with Crippen molar-refractivity contribution in [2.45, 2.75) is 32.6 Å². The molecule has 0 saturated heterocycles. The molecule has 7 heteroatoms. The average Bonchev–Trinajstić information content (AvgIpc) is 2.89. The second-order valence-corrected chi connectivity index (χ2v) is 9.62. The number of halogens is 1. The second kappa shape index (κ2) is 9.32. The largest absolute Gasteiger partial charge is 0.437 e. The lowest BCUT2D eigenvalue weighted by Gasteiger charge is -2.37. The van der Waals surface area contributed by atoms with Crippen molar-refractivity contribution in [1.29, 1.82) is 0 Å². The summed E-state index contributed by atoms with van der Waals surface area (Å²) >= 11 is 0.